The number of nitrogens with zero attached hydrogens (tertiary/aromatic N) is 2. The van der Waals surface area contributed by atoms with Gasteiger partial charge in [-0.1, -0.05) is 19.0 Å². The Hall–Kier alpha value is -0.830. The summed E-state index contributed by atoms with van der Waals surface area (Å²) < 4.78 is 5.25. The molecule has 1 aliphatic rings. The minimum atomic E-state index is 0.913. The summed E-state index contributed by atoms with van der Waals surface area (Å²) in [5, 5.41) is 3.97. The van der Waals surface area contributed by atoms with E-state index in [4.69, 9.17) is 4.52 Å². The van der Waals surface area contributed by atoms with Crippen molar-refractivity contribution in [1.82, 2.24) is 10.1 Å². The highest BCUT2D eigenvalue weighted by Gasteiger charge is 2.17. The van der Waals surface area contributed by atoms with E-state index in [0.29, 0.717) is 0 Å². The van der Waals surface area contributed by atoms with Crippen LogP contribution in [0.25, 0.3) is 0 Å². The third-order valence-electron chi connectivity index (χ3n) is 2.45. The summed E-state index contributed by atoms with van der Waals surface area (Å²) in [7, 11) is 2.12. The van der Waals surface area contributed by atoms with E-state index in [1.165, 1.54) is 12.0 Å². The highest BCUT2D eigenvalue weighted by atomic mass is 16.5. The molecule has 0 bridgehead atoms. The van der Waals surface area contributed by atoms with E-state index in [2.05, 4.69) is 17.1 Å². The molecule has 2 rings (SSSR count). The lowest BCUT2D eigenvalue weighted by molar-refractivity contribution is 0.278. The molecule has 0 fully saturated rings. The van der Waals surface area contributed by atoms with Crippen molar-refractivity contribution in [2.45, 2.75) is 40.2 Å². The van der Waals surface area contributed by atoms with Crippen molar-refractivity contribution in [3.63, 3.8) is 0 Å². The topological polar surface area (TPSA) is 29.3 Å². The number of hydrogen-bond donors (Lipinski definition) is 0. The monoisotopic (exact) mass is 196 g/mol. The van der Waals surface area contributed by atoms with Crippen LogP contribution in [0.2, 0.25) is 0 Å². The quantitative estimate of drug-likeness (QED) is 0.638. The van der Waals surface area contributed by atoms with E-state index in [0.717, 1.165) is 31.0 Å². The van der Waals surface area contributed by atoms with Crippen LogP contribution in [0.5, 0.6) is 0 Å². The summed E-state index contributed by atoms with van der Waals surface area (Å²) in [6.45, 7) is 8.09. The lowest BCUT2D eigenvalue weighted by Crippen LogP contribution is -2.16. The van der Waals surface area contributed by atoms with Crippen molar-refractivity contribution >= 4 is 0 Å². The fourth-order valence-electron chi connectivity index (χ4n) is 1.73. The van der Waals surface area contributed by atoms with E-state index in [1.54, 1.807) is 0 Å². The Morgan fingerprint density at radius 3 is 2.79 bits per heavy atom. The van der Waals surface area contributed by atoms with Gasteiger partial charge in [0.05, 0.1) is 12.2 Å². The first-order chi connectivity index (χ1) is 6.77. The molecule has 0 aromatic carbocycles. The van der Waals surface area contributed by atoms with Gasteiger partial charge in [-0.3, -0.25) is 4.90 Å². The predicted octanol–water partition coefficient (Wildman–Crippen LogP) is 2.39. The van der Waals surface area contributed by atoms with E-state index in [9.17, 15) is 0 Å². The zero-order valence-electron chi connectivity index (χ0n) is 9.63. The van der Waals surface area contributed by atoms with E-state index in [-0.39, 0.29) is 0 Å². The van der Waals surface area contributed by atoms with Crippen LogP contribution in [0.4, 0.5) is 0 Å². The van der Waals surface area contributed by atoms with Crippen molar-refractivity contribution in [2.75, 3.05) is 13.6 Å². The van der Waals surface area contributed by atoms with Gasteiger partial charge in [-0.05, 0) is 33.4 Å². The molecule has 0 aliphatic carbocycles. The van der Waals surface area contributed by atoms with Crippen LogP contribution in [-0.2, 0) is 13.0 Å². The van der Waals surface area contributed by atoms with E-state index < -0.39 is 0 Å². The third kappa shape index (κ3) is 2.35. The second-order valence-electron chi connectivity index (χ2n) is 3.51. The maximum Gasteiger partial charge on any atom is 0.154 e. The molecule has 1 aliphatic heterocycles. The second kappa shape index (κ2) is 5.15. The van der Waals surface area contributed by atoms with Crippen molar-refractivity contribution in [3.05, 3.63) is 17.0 Å². The Balaban J connectivity index is 0.000000461. The summed E-state index contributed by atoms with van der Waals surface area (Å²) >= 11 is 0. The van der Waals surface area contributed by atoms with E-state index in [1.807, 2.05) is 20.8 Å². The highest BCUT2D eigenvalue weighted by molar-refractivity contribution is 5.22. The van der Waals surface area contributed by atoms with Crippen molar-refractivity contribution < 1.29 is 4.52 Å². The zero-order valence-corrected chi connectivity index (χ0v) is 9.63. The zero-order chi connectivity index (χ0) is 10.6. The summed E-state index contributed by atoms with van der Waals surface area (Å²) in [5.74, 6) is 1.06. The molecule has 0 saturated carbocycles. The first-order valence-corrected chi connectivity index (χ1v) is 5.40. The minimum absolute atomic E-state index is 0.913. The van der Waals surface area contributed by atoms with Crippen LogP contribution in [0, 0.1) is 6.92 Å². The van der Waals surface area contributed by atoms with Crippen molar-refractivity contribution in [2.24, 2.45) is 0 Å². The van der Waals surface area contributed by atoms with Gasteiger partial charge in [0.1, 0.15) is 0 Å². The molecule has 0 N–H and O–H groups in total. The molecule has 3 heteroatoms. The Bertz CT molecular complexity index is 281. The average molecular weight is 196 g/mol. The van der Waals surface area contributed by atoms with Gasteiger partial charge in [-0.2, -0.15) is 0 Å². The highest BCUT2D eigenvalue weighted by Crippen LogP contribution is 2.20. The molecule has 2 heterocycles. The second-order valence-corrected chi connectivity index (χ2v) is 3.51. The van der Waals surface area contributed by atoms with E-state index >= 15 is 0 Å². The molecule has 1 aromatic rings. The molecule has 14 heavy (non-hydrogen) atoms. The van der Waals surface area contributed by atoms with Gasteiger partial charge in [0.2, 0.25) is 0 Å². The van der Waals surface area contributed by atoms with Crippen LogP contribution in [0.15, 0.2) is 4.52 Å². The molecule has 0 saturated heterocycles. The standard InChI is InChI=1S/C9H14N2O.C2H6/c1-7-8-4-3-5-11(2)6-9(8)12-10-7;1-2/h3-6H2,1-2H3;1-2H3. The lowest BCUT2D eigenvalue weighted by Gasteiger charge is -2.10. The molecule has 1 aromatic heterocycles. The molecular formula is C11H20N2O. The molecule has 0 spiro atoms. The molecular weight excluding hydrogens is 176 g/mol. The number of hydrogen-bond acceptors (Lipinski definition) is 3. The van der Waals surface area contributed by atoms with Gasteiger partial charge in [-0.25, -0.2) is 0 Å². The summed E-state index contributed by atoms with van der Waals surface area (Å²) in [5.41, 5.74) is 2.40. The number of aryl methyl sites for hydroxylation is 1. The molecule has 0 amide bonds. The minimum Gasteiger partial charge on any atom is -0.359 e. The first kappa shape index (κ1) is 11.2. The van der Waals surface area contributed by atoms with Gasteiger partial charge in [0.25, 0.3) is 0 Å². The number of aromatic nitrogens is 1. The Morgan fingerprint density at radius 1 is 1.36 bits per heavy atom. The van der Waals surface area contributed by atoms with Crippen LogP contribution in [0.1, 0.15) is 37.3 Å². The largest absolute Gasteiger partial charge is 0.359 e. The maximum atomic E-state index is 5.25. The normalized spacial score (nSPS) is 16.6. The molecule has 3 nitrogen and oxygen atoms in total. The van der Waals surface area contributed by atoms with Gasteiger partial charge in [-0.15, -0.1) is 0 Å². The smallest absolute Gasteiger partial charge is 0.154 e. The lowest BCUT2D eigenvalue weighted by atomic mass is 10.1. The Morgan fingerprint density at radius 2 is 2.07 bits per heavy atom. The number of rotatable bonds is 0. The van der Waals surface area contributed by atoms with Crippen LogP contribution in [0.3, 0.4) is 0 Å². The van der Waals surface area contributed by atoms with Crippen LogP contribution < -0.4 is 0 Å². The number of fused-ring (bicyclic) bond motifs is 1. The summed E-state index contributed by atoms with van der Waals surface area (Å²) in [6.07, 6.45) is 2.33. The third-order valence-corrected chi connectivity index (χ3v) is 2.45. The first-order valence-electron chi connectivity index (χ1n) is 5.40. The summed E-state index contributed by atoms with van der Waals surface area (Å²) in [4.78, 5) is 2.27. The fraction of sp³-hybridized carbons (Fsp3) is 0.727. The maximum absolute atomic E-state index is 5.25. The summed E-state index contributed by atoms with van der Waals surface area (Å²) in [6, 6.07) is 0. The van der Waals surface area contributed by atoms with Crippen molar-refractivity contribution in [3.8, 4) is 0 Å². The molecule has 0 radical (unpaired) electrons. The molecule has 0 unspecified atom stereocenters. The molecule has 0 atom stereocenters. The van der Waals surface area contributed by atoms with Crippen LogP contribution >= 0.6 is 0 Å². The fourth-order valence-corrected chi connectivity index (χ4v) is 1.73. The molecule has 80 valence electrons. The van der Waals surface area contributed by atoms with Gasteiger partial charge in [0.15, 0.2) is 5.76 Å². The SMILES string of the molecule is CC.Cc1noc2c1CCCN(C)C2. The van der Waals surface area contributed by atoms with Crippen LogP contribution in [-0.4, -0.2) is 23.6 Å². The Labute approximate surface area is 86.1 Å². The average Bonchev–Trinajstić information content (AvgIpc) is 2.44. The predicted molar refractivity (Wildman–Crippen MR) is 57.2 cm³/mol. The Kier molecular flexibility index (Phi) is 4.14. The van der Waals surface area contributed by atoms with Crippen molar-refractivity contribution in [1.29, 1.82) is 0 Å². The van der Waals surface area contributed by atoms with Gasteiger partial charge >= 0.3 is 0 Å². The van der Waals surface area contributed by atoms with Gasteiger partial charge in [0, 0.05) is 5.56 Å². The van der Waals surface area contributed by atoms with Gasteiger partial charge < -0.3 is 4.52 Å².